The Morgan fingerprint density at radius 1 is 1.17 bits per heavy atom. The van der Waals surface area contributed by atoms with Crippen molar-refractivity contribution in [1.29, 1.82) is 0 Å². The van der Waals surface area contributed by atoms with Gasteiger partial charge in [0, 0.05) is 23.9 Å². The van der Waals surface area contributed by atoms with E-state index in [1.807, 2.05) is 6.92 Å². The first-order valence-electron chi connectivity index (χ1n) is 8.10. The zero-order valence-corrected chi connectivity index (χ0v) is 14.1. The van der Waals surface area contributed by atoms with Gasteiger partial charge in [0.05, 0.1) is 6.42 Å². The molecule has 1 aromatic rings. The Balaban J connectivity index is 1.83. The van der Waals surface area contributed by atoms with Gasteiger partial charge in [-0.1, -0.05) is 13.3 Å². The van der Waals surface area contributed by atoms with Crippen molar-refractivity contribution in [3.8, 4) is 11.5 Å². The van der Waals surface area contributed by atoms with E-state index in [1.165, 1.54) is 0 Å². The summed E-state index contributed by atoms with van der Waals surface area (Å²) < 4.78 is 10.9. The predicted molar refractivity (Wildman–Crippen MR) is 91.5 cm³/mol. The van der Waals surface area contributed by atoms with E-state index in [0.717, 1.165) is 12.8 Å². The SMILES string of the molecule is CCCCC(=O)NN=C(C)CC(=O)Nc1ccc2c(c1)OCCO2. The van der Waals surface area contributed by atoms with Gasteiger partial charge >= 0.3 is 0 Å². The Hall–Kier alpha value is -2.57. The summed E-state index contributed by atoms with van der Waals surface area (Å²) in [4.78, 5) is 23.5. The first-order valence-corrected chi connectivity index (χ1v) is 8.10. The van der Waals surface area contributed by atoms with Crippen LogP contribution in [0.15, 0.2) is 23.3 Å². The summed E-state index contributed by atoms with van der Waals surface area (Å²) >= 11 is 0. The first-order chi connectivity index (χ1) is 11.6. The number of carbonyl (C=O) groups is 2. The molecule has 1 aliphatic heterocycles. The summed E-state index contributed by atoms with van der Waals surface area (Å²) in [7, 11) is 0. The molecule has 0 fully saturated rings. The molecule has 0 unspecified atom stereocenters. The van der Waals surface area contributed by atoms with Gasteiger partial charge in [0.15, 0.2) is 11.5 Å². The lowest BCUT2D eigenvalue weighted by atomic mass is 10.2. The highest BCUT2D eigenvalue weighted by molar-refractivity contribution is 6.05. The Morgan fingerprint density at radius 3 is 2.67 bits per heavy atom. The lowest BCUT2D eigenvalue weighted by molar-refractivity contribution is -0.121. The molecule has 7 nitrogen and oxygen atoms in total. The van der Waals surface area contributed by atoms with E-state index in [0.29, 0.717) is 42.5 Å². The quantitative estimate of drug-likeness (QED) is 0.592. The number of nitrogens with one attached hydrogen (secondary N) is 2. The zero-order chi connectivity index (χ0) is 17.4. The molecule has 0 saturated carbocycles. The minimum absolute atomic E-state index is 0.0997. The number of fused-ring (bicyclic) bond motifs is 1. The largest absolute Gasteiger partial charge is 0.486 e. The number of hydrogen-bond acceptors (Lipinski definition) is 5. The van der Waals surface area contributed by atoms with Crippen molar-refractivity contribution in [3.63, 3.8) is 0 Å². The molecule has 0 atom stereocenters. The number of unbranched alkanes of at least 4 members (excludes halogenated alkanes) is 1. The second kappa shape index (κ2) is 8.90. The molecule has 7 heteroatoms. The minimum Gasteiger partial charge on any atom is -0.486 e. The summed E-state index contributed by atoms with van der Waals surface area (Å²) in [5.41, 5.74) is 3.63. The topological polar surface area (TPSA) is 89.0 Å². The molecule has 1 aliphatic rings. The van der Waals surface area contributed by atoms with Crippen LogP contribution in [0.25, 0.3) is 0 Å². The van der Waals surface area contributed by atoms with Crippen molar-refractivity contribution in [2.24, 2.45) is 5.10 Å². The van der Waals surface area contributed by atoms with Gasteiger partial charge in [-0.25, -0.2) is 5.43 Å². The Bertz CT molecular complexity index is 628. The van der Waals surface area contributed by atoms with Crippen molar-refractivity contribution < 1.29 is 19.1 Å². The summed E-state index contributed by atoms with van der Waals surface area (Å²) in [6.07, 6.45) is 2.32. The fraction of sp³-hybridized carbons (Fsp3) is 0.471. The van der Waals surface area contributed by atoms with Gasteiger partial charge in [-0.05, 0) is 25.5 Å². The van der Waals surface area contributed by atoms with Crippen LogP contribution >= 0.6 is 0 Å². The molecule has 0 radical (unpaired) electrons. The average Bonchev–Trinajstić information content (AvgIpc) is 2.58. The molecule has 1 aromatic carbocycles. The van der Waals surface area contributed by atoms with E-state index in [9.17, 15) is 9.59 Å². The Labute approximate surface area is 141 Å². The molecule has 24 heavy (non-hydrogen) atoms. The third-order valence-electron chi connectivity index (χ3n) is 3.37. The lowest BCUT2D eigenvalue weighted by Crippen LogP contribution is -2.21. The zero-order valence-electron chi connectivity index (χ0n) is 14.1. The van der Waals surface area contributed by atoms with Gasteiger partial charge in [0.1, 0.15) is 13.2 Å². The second-order valence-corrected chi connectivity index (χ2v) is 5.57. The van der Waals surface area contributed by atoms with Crippen molar-refractivity contribution in [3.05, 3.63) is 18.2 Å². The van der Waals surface area contributed by atoms with E-state index in [4.69, 9.17) is 9.47 Å². The molecule has 0 aromatic heterocycles. The van der Waals surface area contributed by atoms with Crippen molar-refractivity contribution in [2.45, 2.75) is 39.5 Å². The Kier molecular flexibility index (Phi) is 6.60. The summed E-state index contributed by atoms with van der Waals surface area (Å²) in [6.45, 7) is 4.74. The van der Waals surface area contributed by atoms with Crippen LogP contribution in [0.1, 0.15) is 39.5 Å². The number of carbonyl (C=O) groups excluding carboxylic acids is 2. The van der Waals surface area contributed by atoms with Crippen LogP contribution in [0, 0.1) is 0 Å². The number of nitrogens with zero attached hydrogens (tertiary/aromatic N) is 1. The monoisotopic (exact) mass is 333 g/mol. The summed E-state index contributed by atoms with van der Waals surface area (Å²) in [5.74, 6) is 0.943. The van der Waals surface area contributed by atoms with Crippen LogP contribution in [0.4, 0.5) is 5.69 Å². The number of hydrogen-bond donors (Lipinski definition) is 2. The van der Waals surface area contributed by atoms with Gasteiger partial charge in [0.2, 0.25) is 11.8 Å². The van der Waals surface area contributed by atoms with E-state index >= 15 is 0 Å². The predicted octanol–water partition coefficient (Wildman–Crippen LogP) is 2.47. The molecule has 0 spiro atoms. The summed E-state index contributed by atoms with van der Waals surface area (Å²) in [5, 5.41) is 6.72. The molecule has 2 amide bonds. The maximum atomic E-state index is 12.0. The molecular formula is C17H23N3O4. The van der Waals surface area contributed by atoms with E-state index in [2.05, 4.69) is 15.8 Å². The van der Waals surface area contributed by atoms with Crippen molar-refractivity contribution >= 4 is 23.2 Å². The highest BCUT2D eigenvalue weighted by atomic mass is 16.6. The molecular weight excluding hydrogens is 310 g/mol. The van der Waals surface area contributed by atoms with Gasteiger partial charge in [-0.15, -0.1) is 0 Å². The number of benzene rings is 1. The van der Waals surface area contributed by atoms with E-state index in [-0.39, 0.29) is 18.2 Å². The third kappa shape index (κ3) is 5.57. The van der Waals surface area contributed by atoms with Crippen molar-refractivity contribution in [1.82, 2.24) is 5.43 Å². The first kappa shape index (κ1) is 17.8. The van der Waals surface area contributed by atoms with Crippen LogP contribution in [0.2, 0.25) is 0 Å². The lowest BCUT2D eigenvalue weighted by Gasteiger charge is -2.19. The molecule has 2 rings (SSSR count). The smallest absolute Gasteiger partial charge is 0.240 e. The second-order valence-electron chi connectivity index (χ2n) is 5.57. The molecule has 1 heterocycles. The highest BCUT2D eigenvalue weighted by Crippen LogP contribution is 2.32. The minimum atomic E-state index is -0.212. The maximum absolute atomic E-state index is 12.0. The maximum Gasteiger partial charge on any atom is 0.240 e. The van der Waals surface area contributed by atoms with E-state index in [1.54, 1.807) is 25.1 Å². The average molecular weight is 333 g/mol. The number of amides is 2. The van der Waals surface area contributed by atoms with Crippen LogP contribution in [0.3, 0.4) is 0 Å². The molecule has 130 valence electrons. The standard InChI is InChI=1S/C17H23N3O4/c1-3-4-5-16(21)20-19-12(2)10-17(22)18-13-6-7-14-15(11-13)24-9-8-23-14/h6-7,11H,3-5,8-10H2,1-2H3,(H,18,22)(H,20,21). The summed E-state index contributed by atoms with van der Waals surface area (Å²) in [6, 6.07) is 5.24. The van der Waals surface area contributed by atoms with Crippen molar-refractivity contribution in [2.75, 3.05) is 18.5 Å². The molecule has 0 aliphatic carbocycles. The van der Waals surface area contributed by atoms with Gasteiger partial charge in [0.25, 0.3) is 0 Å². The molecule has 0 bridgehead atoms. The molecule has 0 saturated heterocycles. The van der Waals surface area contributed by atoms with Gasteiger partial charge in [-0.2, -0.15) is 5.10 Å². The number of rotatable bonds is 7. The van der Waals surface area contributed by atoms with Crippen LogP contribution in [-0.4, -0.2) is 30.7 Å². The van der Waals surface area contributed by atoms with Crippen LogP contribution in [-0.2, 0) is 9.59 Å². The Morgan fingerprint density at radius 2 is 1.92 bits per heavy atom. The normalized spacial score (nSPS) is 13.3. The fourth-order valence-electron chi connectivity index (χ4n) is 2.15. The number of hydrazone groups is 1. The van der Waals surface area contributed by atoms with Crippen LogP contribution < -0.4 is 20.2 Å². The fourth-order valence-corrected chi connectivity index (χ4v) is 2.15. The number of anilines is 1. The van der Waals surface area contributed by atoms with Gasteiger partial charge in [-0.3, -0.25) is 9.59 Å². The number of ether oxygens (including phenoxy) is 2. The van der Waals surface area contributed by atoms with Gasteiger partial charge < -0.3 is 14.8 Å². The highest BCUT2D eigenvalue weighted by Gasteiger charge is 2.13. The molecule has 2 N–H and O–H groups in total. The van der Waals surface area contributed by atoms with E-state index < -0.39 is 0 Å². The third-order valence-corrected chi connectivity index (χ3v) is 3.37. The van der Waals surface area contributed by atoms with Crippen LogP contribution in [0.5, 0.6) is 11.5 Å².